The molecule has 6 nitrogen and oxygen atoms in total. The van der Waals surface area contributed by atoms with Crippen molar-refractivity contribution in [2.24, 2.45) is 0 Å². The van der Waals surface area contributed by atoms with E-state index in [1.807, 2.05) is 41.9 Å². The predicted molar refractivity (Wildman–Crippen MR) is 108 cm³/mol. The van der Waals surface area contributed by atoms with Gasteiger partial charge < -0.3 is 4.74 Å². The highest BCUT2D eigenvalue weighted by Gasteiger charge is 2.15. The number of rotatable bonds is 4. The van der Waals surface area contributed by atoms with E-state index >= 15 is 0 Å². The minimum Gasteiger partial charge on any atom is -0.493 e. The number of hydrogen-bond donors (Lipinski definition) is 1. The number of thiazole rings is 1. The van der Waals surface area contributed by atoms with Crippen molar-refractivity contribution >= 4 is 22.4 Å². The average Bonchev–Trinajstić information content (AvgIpc) is 3.48. The molecule has 0 saturated heterocycles. The van der Waals surface area contributed by atoms with E-state index in [1.165, 1.54) is 16.9 Å². The summed E-state index contributed by atoms with van der Waals surface area (Å²) in [4.78, 5) is 17.2. The van der Waals surface area contributed by atoms with Gasteiger partial charge in [0.2, 0.25) is 0 Å². The van der Waals surface area contributed by atoms with Crippen LogP contribution in [0.2, 0.25) is 0 Å². The van der Waals surface area contributed by atoms with Gasteiger partial charge in [0.25, 0.3) is 5.91 Å². The molecule has 1 amide bonds. The van der Waals surface area contributed by atoms with Crippen molar-refractivity contribution in [1.82, 2.24) is 14.8 Å². The molecular formula is C21H16N4O2S. The van der Waals surface area contributed by atoms with Crippen molar-refractivity contribution in [2.75, 3.05) is 11.9 Å². The van der Waals surface area contributed by atoms with Crippen LogP contribution in [0.3, 0.4) is 0 Å². The molecule has 0 saturated carbocycles. The quantitative estimate of drug-likeness (QED) is 0.569. The maximum atomic E-state index is 12.6. The number of amides is 1. The fraction of sp³-hybridized carbons (Fsp3) is 0.0952. The number of anilines is 1. The van der Waals surface area contributed by atoms with Crippen LogP contribution in [-0.2, 0) is 6.42 Å². The van der Waals surface area contributed by atoms with Crippen LogP contribution in [0.15, 0.2) is 66.3 Å². The van der Waals surface area contributed by atoms with Crippen LogP contribution in [0.1, 0.15) is 15.9 Å². The monoisotopic (exact) mass is 388 g/mol. The van der Waals surface area contributed by atoms with E-state index in [0.717, 1.165) is 35.7 Å². The second-order valence-electron chi connectivity index (χ2n) is 6.41. The van der Waals surface area contributed by atoms with Crippen LogP contribution >= 0.6 is 11.3 Å². The molecule has 28 heavy (non-hydrogen) atoms. The lowest BCUT2D eigenvalue weighted by molar-refractivity contribution is 0.102. The van der Waals surface area contributed by atoms with Crippen molar-refractivity contribution < 1.29 is 9.53 Å². The van der Waals surface area contributed by atoms with Crippen molar-refractivity contribution in [3.05, 3.63) is 77.4 Å². The Bertz CT molecular complexity index is 1150. The number of nitrogens with zero attached hydrogens (tertiary/aromatic N) is 3. The highest BCUT2D eigenvalue weighted by atomic mass is 32.1. The second-order valence-corrected chi connectivity index (χ2v) is 7.27. The Morgan fingerprint density at radius 2 is 2.14 bits per heavy atom. The Kier molecular flexibility index (Phi) is 4.14. The second kappa shape index (κ2) is 6.94. The molecule has 2 aromatic carbocycles. The zero-order chi connectivity index (χ0) is 18.9. The van der Waals surface area contributed by atoms with Crippen molar-refractivity contribution in [2.45, 2.75) is 6.42 Å². The summed E-state index contributed by atoms with van der Waals surface area (Å²) in [6.07, 6.45) is 4.46. The Hall–Kier alpha value is -3.45. The van der Waals surface area contributed by atoms with Crippen LogP contribution in [0.5, 0.6) is 5.75 Å². The smallest absolute Gasteiger partial charge is 0.257 e. The number of carbonyl (C=O) groups excluding carboxylic acids is 1. The largest absolute Gasteiger partial charge is 0.493 e. The molecule has 1 aliphatic heterocycles. The molecule has 0 spiro atoms. The van der Waals surface area contributed by atoms with Gasteiger partial charge in [-0.25, -0.2) is 9.67 Å². The predicted octanol–water partition coefficient (Wildman–Crippen LogP) is 4.18. The van der Waals surface area contributed by atoms with E-state index in [0.29, 0.717) is 10.7 Å². The number of benzene rings is 2. The summed E-state index contributed by atoms with van der Waals surface area (Å²) in [5.41, 5.74) is 4.46. The third-order valence-corrected chi connectivity index (χ3v) is 5.34. The maximum absolute atomic E-state index is 12.6. The van der Waals surface area contributed by atoms with Gasteiger partial charge in [0.05, 0.1) is 18.0 Å². The van der Waals surface area contributed by atoms with E-state index in [-0.39, 0.29) is 5.91 Å². The van der Waals surface area contributed by atoms with Gasteiger partial charge >= 0.3 is 0 Å². The maximum Gasteiger partial charge on any atom is 0.257 e. The van der Waals surface area contributed by atoms with Crippen LogP contribution < -0.4 is 10.1 Å². The van der Waals surface area contributed by atoms with E-state index in [2.05, 4.69) is 21.5 Å². The molecule has 1 aliphatic rings. The van der Waals surface area contributed by atoms with E-state index < -0.39 is 0 Å². The first-order chi connectivity index (χ1) is 13.8. The lowest BCUT2D eigenvalue weighted by Gasteiger charge is -2.05. The number of hydrogen-bond acceptors (Lipinski definition) is 5. The van der Waals surface area contributed by atoms with Gasteiger partial charge in [-0.05, 0) is 48.0 Å². The summed E-state index contributed by atoms with van der Waals surface area (Å²) in [7, 11) is 0. The zero-order valence-corrected chi connectivity index (χ0v) is 15.6. The highest BCUT2D eigenvalue weighted by molar-refractivity contribution is 7.14. The summed E-state index contributed by atoms with van der Waals surface area (Å²) in [6.45, 7) is 0.731. The van der Waals surface area contributed by atoms with Crippen molar-refractivity contribution in [3.8, 4) is 22.7 Å². The number of nitrogens with one attached hydrogen (secondary N) is 1. The van der Waals surface area contributed by atoms with Crippen LogP contribution in [0.4, 0.5) is 5.13 Å². The molecule has 0 bridgehead atoms. The van der Waals surface area contributed by atoms with Crippen LogP contribution in [0.25, 0.3) is 16.9 Å². The minimum atomic E-state index is -0.197. The topological polar surface area (TPSA) is 69.0 Å². The minimum absolute atomic E-state index is 0.197. The summed E-state index contributed by atoms with van der Waals surface area (Å²) < 4.78 is 7.27. The number of carbonyl (C=O) groups is 1. The van der Waals surface area contributed by atoms with Crippen molar-refractivity contribution in [1.29, 1.82) is 0 Å². The third-order valence-electron chi connectivity index (χ3n) is 4.59. The summed E-state index contributed by atoms with van der Waals surface area (Å²) in [5.74, 6) is 0.752. The molecule has 0 fully saturated rings. The molecule has 4 aromatic rings. The fourth-order valence-electron chi connectivity index (χ4n) is 3.19. The average molecular weight is 388 g/mol. The van der Waals surface area contributed by atoms with E-state index in [1.54, 1.807) is 23.0 Å². The molecule has 0 unspecified atom stereocenters. The highest BCUT2D eigenvalue weighted by Crippen LogP contribution is 2.32. The van der Waals surface area contributed by atoms with Crippen LogP contribution in [0, 0.1) is 0 Å². The van der Waals surface area contributed by atoms with Crippen LogP contribution in [-0.4, -0.2) is 27.3 Å². The molecule has 0 atom stereocenters. The number of ether oxygens (including phenoxy) is 1. The lowest BCUT2D eigenvalue weighted by Crippen LogP contribution is -2.12. The Labute approximate surface area is 165 Å². The van der Waals surface area contributed by atoms with E-state index in [9.17, 15) is 4.79 Å². The Morgan fingerprint density at radius 3 is 3.04 bits per heavy atom. The molecular weight excluding hydrogens is 372 g/mol. The number of fused-ring (bicyclic) bond motifs is 1. The first kappa shape index (κ1) is 16.7. The lowest BCUT2D eigenvalue weighted by atomic mass is 10.1. The molecule has 3 heterocycles. The van der Waals surface area contributed by atoms with Crippen molar-refractivity contribution in [3.63, 3.8) is 0 Å². The van der Waals surface area contributed by atoms with Gasteiger partial charge in [-0.1, -0.05) is 6.07 Å². The molecule has 7 heteroatoms. The van der Waals surface area contributed by atoms with Gasteiger partial charge in [-0.15, -0.1) is 11.3 Å². The van der Waals surface area contributed by atoms with Gasteiger partial charge in [0.1, 0.15) is 5.75 Å². The Balaban J connectivity index is 1.35. The normalized spacial score (nSPS) is 12.4. The first-order valence-electron chi connectivity index (χ1n) is 8.89. The Morgan fingerprint density at radius 1 is 1.18 bits per heavy atom. The van der Waals surface area contributed by atoms with Gasteiger partial charge in [0, 0.05) is 35.3 Å². The standard InChI is InChI=1S/C21H16N4O2S/c26-20(16-3-1-4-17(12-16)25-9-2-8-22-25)24-21-23-18(13-28-21)14-5-6-19-15(11-14)7-10-27-19/h1-6,8-9,11-13H,7,10H2,(H,23,24,26). The van der Waals surface area contributed by atoms with Gasteiger partial charge in [-0.2, -0.15) is 5.10 Å². The molecule has 0 radical (unpaired) electrons. The zero-order valence-electron chi connectivity index (χ0n) is 14.8. The molecule has 1 N–H and O–H groups in total. The van der Waals surface area contributed by atoms with Gasteiger partial charge in [0.15, 0.2) is 5.13 Å². The molecule has 138 valence electrons. The summed E-state index contributed by atoms with van der Waals surface area (Å²) >= 11 is 1.41. The first-order valence-corrected chi connectivity index (χ1v) is 9.77. The fourth-order valence-corrected chi connectivity index (χ4v) is 3.90. The van der Waals surface area contributed by atoms with E-state index in [4.69, 9.17) is 4.74 Å². The summed E-state index contributed by atoms with van der Waals surface area (Å²) in [5, 5.41) is 9.61. The SMILES string of the molecule is O=C(Nc1nc(-c2ccc3c(c2)CCO3)cs1)c1cccc(-n2cccn2)c1. The molecule has 5 rings (SSSR count). The van der Waals surface area contributed by atoms with Gasteiger partial charge in [-0.3, -0.25) is 10.1 Å². The summed E-state index contributed by atoms with van der Waals surface area (Å²) in [6, 6.07) is 15.3. The third kappa shape index (κ3) is 3.16. The number of aromatic nitrogens is 3. The molecule has 0 aliphatic carbocycles. The molecule has 2 aromatic heterocycles.